The fraction of sp³-hybridized carbons (Fsp3) is 0.0625. The molecule has 0 saturated heterocycles. The van der Waals surface area contributed by atoms with E-state index in [4.69, 9.17) is 16.0 Å². The van der Waals surface area contributed by atoms with Crippen LogP contribution in [-0.2, 0) is 4.79 Å². The molecule has 0 aliphatic carbocycles. The summed E-state index contributed by atoms with van der Waals surface area (Å²) in [6, 6.07) is 9.49. The number of carbonyl (C=O) groups is 1. The lowest BCUT2D eigenvalue weighted by Crippen LogP contribution is -2.14. The van der Waals surface area contributed by atoms with E-state index in [1.807, 2.05) is 0 Å². The Labute approximate surface area is 160 Å². The topological polar surface area (TPSA) is 111 Å². The second kappa shape index (κ2) is 8.14. The molecule has 1 N–H and O–H groups in total. The molecule has 3 rings (SSSR count). The van der Waals surface area contributed by atoms with Crippen LogP contribution >= 0.6 is 23.4 Å². The number of hydrogen-bond acceptors (Lipinski definition) is 7. The number of anilines is 1. The number of carbonyl (C=O) groups excluding carboxylic acids is 1. The van der Waals surface area contributed by atoms with Crippen molar-refractivity contribution in [2.75, 3.05) is 11.1 Å². The van der Waals surface area contributed by atoms with Crippen LogP contribution in [0.15, 0.2) is 52.1 Å². The first-order chi connectivity index (χ1) is 12.9. The first-order valence-electron chi connectivity index (χ1n) is 7.38. The van der Waals surface area contributed by atoms with E-state index in [1.54, 1.807) is 0 Å². The van der Waals surface area contributed by atoms with Gasteiger partial charge in [0.05, 0.1) is 10.7 Å². The van der Waals surface area contributed by atoms with Crippen molar-refractivity contribution in [2.45, 2.75) is 5.22 Å². The largest absolute Gasteiger partial charge is 0.411 e. The minimum atomic E-state index is -0.637. The van der Waals surface area contributed by atoms with Crippen LogP contribution in [-0.4, -0.2) is 26.8 Å². The van der Waals surface area contributed by atoms with E-state index in [0.717, 1.165) is 11.8 Å². The summed E-state index contributed by atoms with van der Waals surface area (Å²) >= 11 is 6.72. The molecule has 0 saturated carbocycles. The maximum Gasteiger partial charge on any atom is 0.289 e. The number of amides is 1. The van der Waals surface area contributed by atoms with Crippen molar-refractivity contribution in [1.29, 1.82) is 0 Å². The number of nitro benzene ring substituents is 1. The Morgan fingerprint density at radius 3 is 2.70 bits per heavy atom. The average molecular weight is 409 g/mol. The number of thioether (sulfide) groups is 1. The molecule has 0 radical (unpaired) electrons. The summed E-state index contributed by atoms with van der Waals surface area (Å²) in [6.07, 6.45) is 0. The van der Waals surface area contributed by atoms with Crippen LogP contribution in [0.5, 0.6) is 0 Å². The highest BCUT2D eigenvalue weighted by Crippen LogP contribution is 2.28. The highest BCUT2D eigenvalue weighted by molar-refractivity contribution is 7.99. The molecule has 1 heterocycles. The van der Waals surface area contributed by atoms with Gasteiger partial charge in [-0.25, -0.2) is 4.39 Å². The third-order valence-electron chi connectivity index (χ3n) is 3.25. The van der Waals surface area contributed by atoms with Crippen LogP contribution in [0.2, 0.25) is 5.02 Å². The summed E-state index contributed by atoms with van der Waals surface area (Å²) in [5.74, 6) is -0.655. The second-order valence-electron chi connectivity index (χ2n) is 5.14. The quantitative estimate of drug-likeness (QED) is 0.370. The fourth-order valence-electron chi connectivity index (χ4n) is 2.03. The van der Waals surface area contributed by atoms with E-state index in [9.17, 15) is 19.3 Å². The van der Waals surface area contributed by atoms with E-state index >= 15 is 0 Å². The zero-order chi connectivity index (χ0) is 19.4. The van der Waals surface area contributed by atoms with Gasteiger partial charge >= 0.3 is 0 Å². The molecule has 0 unspecified atom stereocenters. The molecule has 1 aromatic heterocycles. The molecule has 3 aromatic rings. The smallest absolute Gasteiger partial charge is 0.289 e. The number of rotatable bonds is 6. The number of benzene rings is 2. The number of nitrogens with zero attached hydrogens (tertiary/aromatic N) is 3. The zero-order valence-electron chi connectivity index (χ0n) is 13.4. The van der Waals surface area contributed by atoms with Gasteiger partial charge in [0.1, 0.15) is 10.8 Å². The zero-order valence-corrected chi connectivity index (χ0v) is 15.0. The van der Waals surface area contributed by atoms with Crippen molar-refractivity contribution in [3.8, 4) is 11.5 Å². The molecule has 0 aliphatic heterocycles. The molecular formula is C16H10ClFN4O4S. The normalized spacial score (nSPS) is 10.6. The maximum absolute atomic E-state index is 12.9. The first-order valence-corrected chi connectivity index (χ1v) is 8.75. The van der Waals surface area contributed by atoms with Gasteiger partial charge in [0.25, 0.3) is 10.9 Å². The Kier molecular flexibility index (Phi) is 5.67. The molecule has 0 bridgehead atoms. The Hall–Kier alpha value is -2.98. The minimum Gasteiger partial charge on any atom is -0.411 e. The summed E-state index contributed by atoms with van der Waals surface area (Å²) in [4.78, 5) is 22.2. The van der Waals surface area contributed by atoms with Crippen LogP contribution in [0.25, 0.3) is 11.5 Å². The van der Waals surface area contributed by atoms with Gasteiger partial charge in [0, 0.05) is 17.3 Å². The van der Waals surface area contributed by atoms with Gasteiger partial charge in [0.15, 0.2) is 0 Å². The monoisotopic (exact) mass is 408 g/mol. The van der Waals surface area contributed by atoms with E-state index in [0.29, 0.717) is 5.56 Å². The molecule has 2 aromatic carbocycles. The highest BCUT2D eigenvalue weighted by atomic mass is 35.5. The SMILES string of the molecule is O=C(CSc1nnc(-c2ccc(F)cc2)o1)Nc1ccc(Cl)c([N+](=O)[O-])c1. The van der Waals surface area contributed by atoms with Crippen molar-refractivity contribution < 1.29 is 18.5 Å². The summed E-state index contributed by atoms with van der Waals surface area (Å²) in [5, 5.41) is 21.2. The van der Waals surface area contributed by atoms with Gasteiger partial charge in [-0.3, -0.25) is 14.9 Å². The number of halogens is 2. The van der Waals surface area contributed by atoms with E-state index in [1.165, 1.54) is 42.5 Å². The first kappa shape index (κ1) is 18.8. The predicted octanol–water partition coefficient (Wildman–Crippen LogP) is 4.17. The Balaban J connectivity index is 1.59. The van der Waals surface area contributed by atoms with Gasteiger partial charge in [-0.2, -0.15) is 0 Å². The molecular weight excluding hydrogens is 399 g/mol. The number of hydrogen-bond donors (Lipinski definition) is 1. The standard InChI is InChI=1S/C16H10ClFN4O4S/c17-12-6-5-11(7-13(12)22(24)25)19-14(23)8-27-16-21-20-15(26-16)9-1-3-10(18)4-2-9/h1-7H,8H2,(H,19,23). The summed E-state index contributed by atoms with van der Waals surface area (Å²) < 4.78 is 18.3. The lowest BCUT2D eigenvalue weighted by atomic mass is 10.2. The summed E-state index contributed by atoms with van der Waals surface area (Å²) in [6.45, 7) is 0. The van der Waals surface area contributed by atoms with Gasteiger partial charge in [-0.1, -0.05) is 23.4 Å². The van der Waals surface area contributed by atoms with Crippen LogP contribution in [0.3, 0.4) is 0 Å². The van der Waals surface area contributed by atoms with Crippen LogP contribution < -0.4 is 5.32 Å². The molecule has 11 heteroatoms. The van der Waals surface area contributed by atoms with E-state index in [-0.39, 0.29) is 39.1 Å². The van der Waals surface area contributed by atoms with Crippen molar-refractivity contribution >= 4 is 40.6 Å². The molecule has 0 aliphatic rings. The van der Waals surface area contributed by atoms with Crippen molar-refractivity contribution in [2.24, 2.45) is 0 Å². The number of nitrogens with one attached hydrogen (secondary N) is 1. The van der Waals surface area contributed by atoms with Gasteiger partial charge in [0.2, 0.25) is 11.8 Å². The minimum absolute atomic E-state index is 0.0217. The van der Waals surface area contributed by atoms with Crippen molar-refractivity contribution in [1.82, 2.24) is 10.2 Å². The van der Waals surface area contributed by atoms with Crippen molar-refractivity contribution in [3.05, 3.63) is 63.4 Å². The molecule has 0 atom stereocenters. The van der Waals surface area contributed by atoms with Crippen LogP contribution in [0.4, 0.5) is 15.8 Å². The van der Waals surface area contributed by atoms with E-state index in [2.05, 4.69) is 15.5 Å². The van der Waals surface area contributed by atoms with Crippen LogP contribution in [0, 0.1) is 15.9 Å². The Morgan fingerprint density at radius 2 is 2.00 bits per heavy atom. The Morgan fingerprint density at radius 1 is 1.26 bits per heavy atom. The van der Waals surface area contributed by atoms with Crippen molar-refractivity contribution in [3.63, 3.8) is 0 Å². The molecule has 0 fully saturated rings. The summed E-state index contributed by atoms with van der Waals surface area (Å²) in [7, 11) is 0. The maximum atomic E-state index is 12.9. The Bertz CT molecular complexity index is 996. The van der Waals surface area contributed by atoms with E-state index < -0.39 is 10.8 Å². The fourth-order valence-corrected chi connectivity index (χ4v) is 2.78. The van der Waals surface area contributed by atoms with Crippen LogP contribution in [0.1, 0.15) is 0 Å². The second-order valence-corrected chi connectivity index (χ2v) is 6.47. The highest BCUT2D eigenvalue weighted by Gasteiger charge is 2.15. The lowest BCUT2D eigenvalue weighted by Gasteiger charge is -2.04. The molecule has 138 valence electrons. The molecule has 27 heavy (non-hydrogen) atoms. The molecule has 8 nitrogen and oxygen atoms in total. The third-order valence-corrected chi connectivity index (χ3v) is 4.39. The number of nitro groups is 1. The van der Waals surface area contributed by atoms with Gasteiger partial charge in [-0.05, 0) is 36.4 Å². The van der Waals surface area contributed by atoms with Gasteiger partial charge in [-0.15, -0.1) is 10.2 Å². The predicted molar refractivity (Wildman–Crippen MR) is 97.2 cm³/mol. The third kappa shape index (κ3) is 4.80. The molecule has 0 spiro atoms. The summed E-state index contributed by atoms with van der Waals surface area (Å²) in [5.41, 5.74) is 0.492. The lowest BCUT2D eigenvalue weighted by molar-refractivity contribution is -0.384. The van der Waals surface area contributed by atoms with Gasteiger partial charge < -0.3 is 9.73 Å². The average Bonchev–Trinajstić information content (AvgIpc) is 3.11. The number of aromatic nitrogens is 2. The molecule has 1 amide bonds.